The maximum absolute atomic E-state index is 13.0. The number of ether oxygens (including phenoxy) is 1. The summed E-state index contributed by atoms with van der Waals surface area (Å²) < 4.78 is 44.1. The average Bonchev–Trinajstić information content (AvgIpc) is 2.33. The Morgan fingerprint density at radius 1 is 1.35 bits per heavy atom. The fraction of sp³-hybridized carbons (Fsp3) is 0.462. The molecule has 0 aliphatic heterocycles. The molecule has 0 radical (unpaired) electrons. The van der Waals surface area contributed by atoms with Crippen LogP contribution in [0.5, 0.6) is 5.75 Å². The molecule has 0 aromatic heterocycles. The van der Waals surface area contributed by atoms with Crippen LogP contribution >= 0.6 is 12.2 Å². The Kier molecular flexibility index (Phi) is 5.76. The van der Waals surface area contributed by atoms with Crippen molar-refractivity contribution >= 4 is 17.2 Å². The van der Waals surface area contributed by atoms with Crippen molar-refractivity contribution in [3.63, 3.8) is 0 Å². The summed E-state index contributed by atoms with van der Waals surface area (Å²) in [5.41, 5.74) is 4.67. The number of nitrogens with zero attached hydrogens (tertiary/aromatic N) is 1. The van der Waals surface area contributed by atoms with Crippen LogP contribution in [0.3, 0.4) is 0 Å². The first kappa shape index (κ1) is 16.7. The van der Waals surface area contributed by atoms with Crippen LogP contribution in [0, 0.1) is 0 Å². The predicted molar refractivity (Wildman–Crippen MR) is 76.0 cm³/mol. The summed E-state index contributed by atoms with van der Waals surface area (Å²) in [5.74, 6) is -0.198. The van der Waals surface area contributed by atoms with Gasteiger partial charge in [-0.15, -0.1) is 0 Å². The quantitative estimate of drug-likeness (QED) is 0.648. The fourth-order valence-electron chi connectivity index (χ4n) is 1.59. The van der Waals surface area contributed by atoms with E-state index in [1.165, 1.54) is 12.1 Å². The van der Waals surface area contributed by atoms with Crippen LogP contribution in [0.1, 0.15) is 17.5 Å². The minimum atomic E-state index is -4.50. The van der Waals surface area contributed by atoms with E-state index < -0.39 is 11.7 Å². The lowest BCUT2D eigenvalue weighted by Crippen LogP contribution is -2.17. The number of halogens is 3. The molecule has 3 nitrogen and oxygen atoms in total. The van der Waals surface area contributed by atoms with Crippen molar-refractivity contribution < 1.29 is 17.9 Å². The van der Waals surface area contributed by atoms with Crippen LogP contribution in [0.4, 0.5) is 13.2 Å². The van der Waals surface area contributed by atoms with Crippen molar-refractivity contribution in [3.8, 4) is 5.75 Å². The highest BCUT2D eigenvalue weighted by molar-refractivity contribution is 7.80. The smallest absolute Gasteiger partial charge is 0.419 e. The molecule has 0 unspecified atom stereocenters. The molecule has 0 amide bonds. The molecule has 0 heterocycles. The van der Waals surface area contributed by atoms with Gasteiger partial charge in [0.05, 0.1) is 12.2 Å². The molecule has 0 aliphatic rings. The molecule has 0 fully saturated rings. The zero-order valence-electron chi connectivity index (χ0n) is 11.3. The third-order valence-corrected chi connectivity index (χ3v) is 2.81. The number of nitrogens with two attached hydrogens (primary N) is 1. The Bertz CT molecular complexity index is 475. The number of hydrogen-bond donors (Lipinski definition) is 1. The van der Waals surface area contributed by atoms with Gasteiger partial charge in [-0.3, -0.25) is 0 Å². The van der Waals surface area contributed by atoms with Gasteiger partial charge in [0.1, 0.15) is 10.7 Å². The van der Waals surface area contributed by atoms with E-state index >= 15 is 0 Å². The zero-order valence-corrected chi connectivity index (χ0v) is 12.1. The molecular formula is C13H17F3N2OS. The number of alkyl halides is 3. The van der Waals surface area contributed by atoms with Gasteiger partial charge in [-0.05, 0) is 38.7 Å². The SMILES string of the molecule is CN(C)CCCOc1ccc(C(N)=S)cc1C(F)(F)F. The van der Waals surface area contributed by atoms with Crippen LogP contribution in [-0.2, 0) is 6.18 Å². The van der Waals surface area contributed by atoms with Crippen molar-refractivity contribution in [2.24, 2.45) is 5.73 Å². The molecule has 0 saturated carbocycles. The minimum absolute atomic E-state index is 0.0744. The maximum Gasteiger partial charge on any atom is 0.419 e. The molecule has 1 aromatic carbocycles. The minimum Gasteiger partial charge on any atom is -0.493 e. The van der Waals surface area contributed by atoms with E-state index in [0.29, 0.717) is 6.42 Å². The van der Waals surface area contributed by atoms with Crippen LogP contribution in [0.2, 0.25) is 0 Å². The van der Waals surface area contributed by atoms with Crippen LogP contribution in [0.15, 0.2) is 18.2 Å². The van der Waals surface area contributed by atoms with Crippen molar-refractivity contribution in [2.75, 3.05) is 27.2 Å². The summed E-state index contributed by atoms with van der Waals surface area (Å²) in [6, 6.07) is 3.61. The second-order valence-electron chi connectivity index (χ2n) is 4.58. The Balaban J connectivity index is 2.87. The van der Waals surface area contributed by atoms with E-state index in [1.807, 2.05) is 19.0 Å². The fourth-order valence-corrected chi connectivity index (χ4v) is 1.72. The molecule has 7 heteroatoms. The van der Waals surface area contributed by atoms with Gasteiger partial charge >= 0.3 is 6.18 Å². The molecule has 112 valence electrons. The Labute approximate surface area is 121 Å². The van der Waals surface area contributed by atoms with Gasteiger partial charge in [-0.25, -0.2) is 0 Å². The highest BCUT2D eigenvalue weighted by Gasteiger charge is 2.34. The highest BCUT2D eigenvalue weighted by Crippen LogP contribution is 2.36. The summed E-state index contributed by atoms with van der Waals surface area (Å²) in [5, 5.41) is 0. The first-order chi connectivity index (χ1) is 9.21. The summed E-state index contributed by atoms with van der Waals surface area (Å²) in [6.45, 7) is 0.958. The molecule has 1 rings (SSSR count). The van der Waals surface area contributed by atoms with Gasteiger partial charge in [0, 0.05) is 12.1 Å². The molecule has 2 N–H and O–H groups in total. The Hall–Kier alpha value is -1.34. The number of benzene rings is 1. The molecular weight excluding hydrogens is 289 g/mol. The summed E-state index contributed by atoms with van der Waals surface area (Å²) >= 11 is 4.69. The average molecular weight is 306 g/mol. The Morgan fingerprint density at radius 3 is 2.50 bits per heavy atom. The third-order valence-electron chi connectivity index (χ3n) is 2.58. The van der Waals surface area contributed by atoms with Crippen LogP contribution < -0.4 is 10.5 Å². The summed E-state index contributed by atoms with van der Waals surface area (Å²) in [6.07, 6.45) is -3.86. The monoisotopic (exact) mass is 306 g/mol. The molecule has 20 heavy (non-hydrogen) atoms. The van der Waals surface area contributed by atoms with E-state index in [0.717, 1.165) is 12.6 Å². The molecule has 0 atom stereocenters. The largest absolute Gasteiger partial charge is 0.493 e. The third kappa shape index (κ3) is 4.97. The number of thiocarbonyl (C=S) groups is 1. The number of hydrogen-bond acceptors (Lipinski definition) is 3. The van der Waals surface area contributed by atoms with E-state index in [2.05, 4.69) is 12.2 Å². The predicted octanol–water partition coefficient (Wildman–Crippen LogP) is 2.67. The van der Waals surface area contributed by atoms with E-state index in [4.69, 9.17) is 10.5 Å². The summed E-state index contributed by atoms with van der Waals surface area (Å²) in [7, 11) is 3.77. The molecule has 1 aromatic rings. The van der Waals surface area contributed by atoms with Gasteiger partial charge in [-0.2, -0.15) is 13.2 Å². The Morgan fingerprint density at radius 2 is 2.00 bits per heavy atom. The van der Waals surface area contributed by atoms with E-state index in [9.17, 15) is 13.2 Å². The molecule has 0 bridgehead atoms. The second kappa shape index (κ2) is 6.90. The lowest BCUT2D eigenvalue weighted by atomic mass is 10.1. The molecule has 0 aliphatic carbocycles. The van der Waals surface area contributed by atoms with Gasteiger partial charge in [0.25, 0.3) is 0 Å². The topological polar surface area (TPSA) is 38.5 Å². The van der Waals surface area contributed by atoms with E-state index in [-0.39, 0.29) is 22.9 Å². The normalized spacial score (nSPS) is 11.7. The second-order valence-corrected chi connectivity index (χ2v) is 5.02. The maximum atomic E-state index is 13.0. The summed E-state index contributed by atoms with van der Waals surface area (Å²) in [4.78, 5) is 1.86. The zero-order chi connectivity index (χ0) is 15.3. The van der Waals surface area contributed by atoms with Crippen molar-refractivity contribution in [1.82, 2.24) is 4.90 Å². The van der Waals surface area contributed by atoms with E-state index in [1.54, 1.807) is 0 Å². The van der Waals surface area contributed by atoms with Crippen molar-refractivity contribution in [3.05, 3.63) is 29.3 Å². The first-order valence-corrected chi connectivity index (χ1v) is 6.41. The van der Waals surface area contributed by atoms with Gasteiger partial charge in [0.2, 0.25) is 0 Å². The standard InChI is InChI=1S/C13H17F3N2OS/c1-18(2)6-3-7-19-11-5-4-9(12(17)20)8-10(11)13(14,15)16/h4-5,8H,3,6-7H2,1-2H3,(H2,17,20). The van der Waals surface area contributed by atoms with Crippen LogP contribution in [0.25, 0.3) is 0 Å². The van der Waals surface area contributed by atoms with Gasteiger partial charge in [0.15, 0.2) is 0 Å². The molecule has 0 saturated heterocycles. The lowest BCUT2D eigenvalue weighted by Gasteiger charge is -2.16. The van der Waals surface area contributed by atoms with Gasteiger partial charge < -0.3 is 15.4 Å². The number of rotatable bonds is 6. The van der Waals surface area contributed by atoms with Crippen LogP contribution in [-0.4, -0.2) is 37.1 Å². The van der Waals surface area contributed by atoms with Crippen molar-refractivity contribution in [1.29, 1.82) is 0 Å². The highest BCUT2D eigenvalue weighted by atomic mass is 32.1. The lowest BCUT2D eigenvalue weighted by molar-refractivity contribution is -0.139. The molecule has 0 spiro atoms. The van der Waals surface area contributed by atoms with Gasteiger partial charge in [-0.1, -0.05) is 12.2 Å². The van der Waals surface area contributed by atoms with Crippen molar-refractivity contribution in [2.45, 2.75) is 12.6 Å². The first-order valence-electron chi connectivity index (χ1n) is 6.00.